The van der Waals surface area contributed by atoms with E-state index in [0.717, 1.165) is 52.0 Å². The van der Waals surface area contributed by atoms with Crippen LogP contribution < -0.4 is 0 Å². The van der Waals surface area contributed by atoms with Gasteiger partial charge in [0.25, 0.3) is 5.91 Å². The number of nitrogens with zero attached hydrogens (tertiary/aromatic N) is 6. The zero-order valence-electron chi connectivity index (χ0n) is 24.5. The maximum absolute atomic E-state index is 13.7. The van der Waals surface area contributed by atoms with Gasteiger partial charge in [0.15, 0.2) is 5.82 Å². The molecule has 42 heavy (non-hydrogen) atoms. The van der Waals surface area contributed by atoms with E-state index in [1.807, 2.05) is 76.3 Å². The zero-order valence-corrected chi connectivity index (χ0v) is 24.5. The number of pyridine rings is 1. The van der Waals surface area contributed by atoms with Crippen molar-refractivity contribution >= 4 is 33.9 Å². The van der Waals surface area contributed by atoms with Crippen molar-refractivity contribution in [2.24, 2.45) is 7.05 Å². The van der Waals surface area contributed by atoms with Gasteiger partial charge in [0.2, 0.25) is 0 Å². The molecule has 9 nitrogen and oxygen atoms in total. The van der Waals surface area contributed by atoms with E-state index in [1.54, 1.807) is 11.1 Å². The van der Waals surface area contributed by atoms with Gasteiger partial charge in [0.05, 0.1) is 35.0 Å². The van der Waals surface area contributed by atoms with Gasteiger partial charge in [0.1, 0.15) is 0 Å². The molecular weight excluding hydrogens is 528 g/mol. The summed E-state index contributed by atoms with van der Waals surface area (Å²) in [4.78, 5) is 38.6. The Hall–Kier alpha value is -4.66. The van der Waals surface area contributed by atoms with Crippen molar-refractivity contribution in [3.8, 4) is 11.5 Å². The van der Waals surface area contributed by atoms with Gasteiger partial charge in [0, 0.05) is 48.3 Å². The normalized spacial score (nSPS) is 15.8. The number of fused-ring (bicyclic) bond motifs is 2. The van der Waals surface area contributed by atoms with Crippen LogP contribution in [0.15, 0.2) is 72.9 Å². The summed E-state index contributed by atoms with van der Waals surface area (Å²) >= 11 is 0. The van der Waals surface area contributed by atoms with Crippen LogP contribution in [0.25, 0.3) is 33.5 Å². The second kappa shape index (κ2) is 10.6. The van der Waals surface area contributed by atoms with Crippen molar-refractivity contribution < 1.29 is 14.7 Å². The van der Waals surface area contributed by atoms with Crippen LogP contribution in [0.4, 0.5) is 4.79 Å². The van der Waals surface area contributed by atoms with Crippen LogP contribution in [-0.2, 0) is 13.6 Å². The predicted molar refractivity (Wildman–Crippen MR) is 164 cm³/mol. The first-order valence-electron chi connectivity index (χ1n) is 14.4. The number of aryl methyl sites for hydroxylation is 1. The summed E-state index contributed by atoms with van der Waals surface area (Å²) in [5.74, 6) is 0.708. The molecule has 1 atom stereocenters. The fourth-order valence-electron chi connectivity index (χ4n) is 6.30. The summed E-state index contributed by atoms with van der Waals surface area (Å²) in [6.45, 7) is 7.26. The average molecular weight is 565 g/mol. The number of rotatable bonds is 5. The lowest BCUT2D eigenvalue weighted by Crippen LogP contribution is -2.57. The molecule has 0 saturated carbocycles. The van der Waals surface area contributed by atoms with Crippen molar-refractivity contribution in [3.05, 3.63) is 84.2 Å². The van der Waals surface area contributed by atoms with E-state index in [4.69, 9.17) is 4.98 Å². The molecule has 2 amide bonds. The molecule has 1 aliphatic rings. The van der Waals surface area contributed by atoms with Gasteiger partial charge in [-0.1, -0.05) is 24.3 Å². The highest BCUT2D eigenvalue weighted by Gasteiger charge is 2.37. The molecule has 2 aromatic carbocycles. The van der Waals surface area contributed by atoms with Gasteiger partial charge in [-0.3, -0.25) is 14.7 Å². The van der Waals surface area contributed by atoms with Crippen LogP contribution in [0.5, 0.6) is 0 Å². The fourth-order valence-corrected chi connectivity index (χ4v) is 6.30. The van der Waals surface area contributed by atoms with Gasteiger partial charge in [-0.05, 0) is 76.1 Å². The molecule has 1 fully saturated rings. The summed E-state index contributed by atoms with van der Waals surface area (Å²) < 4.78 is 4.31. The minimum atomic E-state index is -0.954. The number of likely N-dealkylation sites (tertiary alicyclic amines) is 1. The highest BCUT2D eigenvalue weighted by molar-refractivity contribution is 5.98. The van der Waals surface area contributed by atoms with Crippen molar-refractivity contribution in [3.63, 3.8) is 0 Å². The third kappa shape index (κ3) is 5.00. The SMILES string of the molecule is Cn1c(-c2cc3ccccc3n2Cc2ccccn2)nc2cc(C(=O)N3CCC[C@@H](N(C(=O)O)C(C)(C)C)C3)ccc21. The molecular formula is C33H36N6O3. The number of hydrogen-bond donors (Lipinski definition) is 1. The molecule has 4 heterocycles. The summed E-state index contributed by atoms with van der Waals surface area (Å²) in [6, 6.07) is 21.8. The van der Waals surface area contributed by atoms with Crippen molar-refractivity contribution in [2.75, 3.05) is 13.1 Å². The highest BCUT2D eigenvalue weighted by atomic mass is 16.4. The van der Waals surface area contributed by atoms with Gasteiger partial charge < -0.3 is 19.1 Å². The van der Waals surface area contributed by atoms with Gasteiger partial charge in [-0.15, -0.1) is 0 Å². The van der Waals surface area contributed by atoms with Gasteiger partial charge in [-0.25, -0.2) is 9.78 Å². The fraction of sp³-hybridized carbons (Fsp3) is 0.333. The third-order valence-electron chi connectivity index (χ3n) is 8.19. The van der Waals surface area contributed by atoms with E-state index in [1.165, 1.54) is 4.90 Å². The first kappa shape index (κ1) is 27.5. The lowest BCUT2D eigenvalue weighted by molar-refractivity contribution is 0.0315. The Bertz CT molecular complexity index is 1780. The van der Waals surface area contributed by atoms with Gasteiger partial charge >= 0.3 is 6.09 Å². The van der Waals surface area contributed by atoms with Crippen LogP contribution in [-0.4, -0.2) is 70.7 Å². The van der Waals surface area contributed by atoms with Gasteiger partial charge in [-0.2, -0.15) is 0 Å². The van der Waals surface area contributed by atoms with E-state index in [-0.39, 0.29) is 11.9 Å². The summed E-state index contributed by atoms with van der Waals surface area (Å²) in [5, 5.41) is 11.0. The Morgan fingerprint density at radius 3 is 2.55 bits per heavy atom. The standard InChI is InChI=1S/C33H36N6O3/c1-33(2,3)39(32(41)42)25-12-9-17-37(21-25)31(40)23-14-15-28-26(18-23)35-30(36(28)4)29-19-22-10-5-6-13-27(22)38(29)20-24-11-7-8-16-34-24/h5-8,10-11,13-16,18-19,25H,9,12,17,20-21H2,1-4H3,(H,41,42)/t25-/m1/s1. The number of carbonyl (C=O) groups is 2. The maximum atomic E-state index is 13.7. The summed E-state index contributed by atoms with van der Waals surface area (Å²) in [6.07, 6.45) is 2.35. The monoisotopic (exact) mass is 564 g/mol. The number of carbonyl (C=O) groups excluding carboxylic acids is 1. The molecule has 216 valence electrons. The number of imidazole rings is 1. The lowest BCUT2D eigenvalue weighted by atomic mass is 9.97. The van der Waals surface area contributed by atoms with Crippen LogP contribution in [0, 0.1) is 0 Å². The quantitative estimate of drug-likeness (QED) is 0.282. The molecule has 3 aromatic heterocycles. The molecule has 0 bridgehead atoms. The second-order valence-corrected chi connectivity index (χ2v) is 12.1. The smallest absolute Gasteiger partial charge is 0.408 e. The highest BCUT2D eigenvalue weighted by Crippen LogP contribution is 2.31. The molecule has 5 aromatic rings. The molecule has 0 radical (unpaired) electrons. The van der Waals surface area contributed by atoms with Crippen LogP contribution in [0.1, 0.15) is 49.7 Å². The molecule has 1 aliphatic heterocycles. The minimum Gasteiger partial charge on any atom is -0.465 e. The molecule has 0 unspecified atom stereocenters. The molecule has 9 heteroatoms. The average Bonchev–Trinajstić information content (AvgIpc) is 3.49. The van der Waals surface area contributed by atoms with Crippen molar-refractivity contribution in [1.82, 2.24) is 28.9 Å². The third-order valence-corrected chi connectivity index (χ3v) is 8.19. The van der Waals surface area contributed by atoms with Crippen LogP contribution in [0.3, 0.4) is 0 Å². The topological polar surface area (TPSA) is 96.5 Å². The Kier molecular flexibility index (Phi) is 6.96. The van der Waals surface area contributed by atoms with E-state index < -0.39 is 11.6 Å². The predicted octanol–water partition coefficient (Wildman–Crippen LogP) is 6.02. The number of aromatic nitrogens is 4. The number of amides is 2. The molecule has 0 aliphatic carbocycles. The Balaban J connectivity index is 1.34. The van der Waals surface area contributed by atoms with E-state index in [2.05, 4.69) is 32.3 Å². The first-order valence-corrected chi connectivity index (χ1v) is 14.4. The maximum Gasteiger partial charge on any atom is 0.408 e. The Morgan fingerprint density at radius 1 is 1.02 bits per heavy atom. The summed E-state index contributed by atoms with van der Waals surface area (Å²) in [5.41, 5.74) is 4.71. The van der Waals surface area contributed by atoms with Crippen LogP contribution in [0.2, 0.25) is 0 Å². The Morgan fingerprint density at radius 2 is 1.81 bits per heavy atom. The Labute approximate surface area is 245 Å². The minimum absolute atomic E-state index is 0.0997. The number of piperidine rings is 1. The lowest BCUT2D eigenvalue weighted by Gasteiger charge is -2.44. The largest absolute Gasteiger partial charge is 0.465 e. The van der Waals surface area contributed by atoms with Crippen LogP contribution >= 0.6 is 0 Å². The molecule has 0 spiro atoms. The number of carboxylic acid groups (broad SMARTS) is 1. The number of para-hydroxylation sites is 1. The van der Waals surface area contributed by atoms with Crippen molar-refractivity contribution in [2.45, 2.75) is 51.7 Å². The molecule has 6 rings (SSSR count). The summed E-state index contributed by atoms with van der Waals surface area (Å²) in [7, 11) is 2.00. The number of hydrogen-bond acceptors (Lipinski definition) is 4. The van der Waals surface area contributed by atoms with Crippen molar-refractivity contribution in [1.29, 1.82) is 0 Å². The van der Waals surface area contributed by atoms with E-state index in [9.17, 15) is 14.7 Å². The van der Waals surface area contributed by atoms with E-state index in [0.29, 0.717) is 25.2 Å². The first-order chi connectivity index (χ1) is 20.1. The molecule has 1 saturated heterocycles. The second-order valence-electron chi connectivity index (χ2n) is 12.1. The molecule has 1 N–H and O–H groups in total. The van der Waals surface area contributed by atoms with E-state index >= 15 is 0 Å². The zero-order chi connectivity index (χ0) is 29.6. The number of benzene rings is 2.